The maximum absolute atomic E-state index is 12.8. The average Bonchev–Trinajstić information content (AvgIpc) is 3.04. The number of hydrogen-bond donors (Lipinski definition) is 1. The van der Waals surface area contributed by atoms with Gasteiger partial charge < -0.3 is 10.1 Å². The zero-order valence-corrected chi connectivity index (χ0v) is 15.0. The summed E-state index contributed by atoms with van der Waals surface area (Å²) in [5.41, 5.74) is 4.50. The molecule has 4 heteroatoms. The number of benzene rings is 2. The number of ether oxygens (including phenoxy) is 1. The number of methoxy groups -OCH3 is 1. The van der Waals surface area contributed by atoms with E-state index >= 15 is 0 Å². The Morgan fingerprint density at radius 1 is 1.29 bits per heavy atom. The van der Waals surface area contributed by atoms with Crippen LogP contribution in [0.5, 0.6) is 5.75 Å². The lowest BCUT2D eigenvalue weighted by molar-refractivity contribution is -0.117. The molecule has 0 radical (unpaired) electrons. The van der Waals surface area contributed by atoms with E-state index in [1.54, 1.807) is 7.11 Å². The molecule has 1 unspecified atom stereocenters. The monoisotopic (exact) mass is 341 g/mol. The van der Waals surface area contributed by atoms with Crippen molar-refractivity contribution >= 4 is 23.4 Å². The molecule has 0 saturated heterocycles. The van der Waals surface area contributed by atoms with Gasteiger partial charge in [-0.1, -0.05) is 24.3 Å². The Hall–Kier alpha value is -1.94. The van der Waals surface area contributed by atoms with Crippen molar-refractivity contribution in [3.63, 3.8) is 0 Å². The first-order chi connectivity index (χ1) is 11.7. The zero-order chi connectivity index (χ0) is 16.9. The van der Waals surface area contributed by atoms with Gasteiger partial charge in [0, 0.05) is 5.69 Å². The largest absolute Gasteiger partial charge is 0.497 e. The number of amides is 1. The molecule has 1 aliphatic carbocycles. The number of nitrogens with one attached hydrogen (secondary N) is 1. The van der Waals surface area contributed by atoms with Gasteiger partial charge in [-0.25, -0.2) is 0 Å². The molecule has 1 atom stereocenters. The van der Waals surface area contributed by atoms with Gasteiger partial charge in [0.1, 0.15) is 5.75 Å². The van der Waals surface area contributed by atoms with Crippen LogP contribution in [0.2, 0.25) is 0 Å². The third kappa shape index (κ3) is 3.59. The fraction of sp³-hybridized carbons (Fsp3) is 0.350. The number of fused-ring (bicyclic) bond motifs is 1. The van der Waals surface area contributed by atoms with Gasteiger partial charge in [-0.05, 0) is 66.2 Å². The number of carbonyl (C=O) groups is 1. The molecule has 0 aromatic heterocycles. The molecule has 2 aromatic carbocycles. The lowest BCUT2D eigenvalue weighted by atomic mass is 9.99. The van der Waals surface area contributed by atoms with Crippen LogP contribution in [-0.2, 0) is 17.6 Å². The van der Waals surface area contributed by atoms with E-state index in [-0.39, 0.29) is 11.8 Å². The van der Waals surface area contributed by atoms with Gasteiger partial charge in [-0.2, -0.15) is 11.8 Å². The van der Waals surface area contributed by atoms with Gasteiger partial charge in [-0.3, -0.25) is 4.79 Å². The summed E-state index contributed by atoms with van der Waals surface area (Å²) in [4.78, 5) is 12.8. The summed E-state index contributed by atoms with van der Waals surface area (Å²) in [6.07, 6.45) is 4.88. The minimum absolute atomic E-state index is 0.0820. The van der Waals surface area contributed by atoms with E-state index < -0.39 is 0 Å². The molecule has 0 fully saturated rings. The van der Waals surface area contributed by atoms with Gasteiger partial charge in [0.2, 0.25) is 5.91 Å². The van der Waals surface area contributed by atoms with E-state index in [0.29, 0.717) is 0 Å². The summed E-state index contributed by atoms with van der Waals surface area (Å²) in [5.74, 6) is 1.85. The molecule has 1 aliphatic rings. The Balaban J connectivity index is 1.78. The first kappa shape index (κ1) is 16.9. The Labute approximate surface area is 147 Å². The Morgan fingerprint density at radius 3 is 2.92 bits per heavy atom. The second kappa shape index (κ2) is 7.75. The minimum atomic E-state index is -0.0938. The quantitative estimate of drug-likeness (QED) is 0.853. The van der Waals surface area contributed by atoms with Crippen molar-refractivity contribution in [1.82, 2.24) is 0 Å². The Bertz CT molecular complexity index is 729. The summed E-state index contributed by atoms with van der Waals surface area (Å²) in [5, 5.41) is 3.15. The van der Waals surface area contributed by atoms with Crippen molar-refractivity contribution in [3.8, 4) is 5.75 Å². The topological polar surface area (TPSA) is 38.3 Å². The molecule has 3 rings (SSSR count). The van der Waals surface area contributed by atoms with Crippen molar-refractivity contribution in [2.24, 2.45) is 0 Å². The van der Waals surface area contributed by atoms with Gasteiger partial charge >= 0.3 is 0 Å². The molecule has 0 spiro atoms. The van der Waals surface area contributed by atoms with Crippen LogP contribution in [0.3, 0.4) is 0 Å². The molecule has 0 bridgehead atoms. The van der Waals surface area contributed by atoms with Crippen LogP contribution in [0.15, 0.2) is 42.5 Å². The number of anilines is 1. The van der Waals surface area contributed by atoms with E-state index in [9.17, 15) is 4.79 Å². The fourth-order valence-electron chi connectivity index (χ4n) is 3.27. The van der Waals surface area contributed by atoms with Crippen LogP contribution < -0.4 is 10.1 Å². The number of thioether (sulfide) groups is 1. The Morgan fingerprint density at radius 2 is 2.12 bits per heavy atom. The Kier molecular flexibility index (Phi) is 5.46. The molecular formula is C20H23NO2S. The summed E-state index contributed by atoms with van der Waals surface area (Å²) in [6, 6.07) is 14.1. The molecule has 0 saturated carbocycles. The van der Waals surface area contributed by atoms with E-state index in [1.807, 2.05) is 42.1 Å². The molecule has 3 nitrogen and oxygen atoms in total. The zero-order valence-electron chi connectivity index (χ0n) is 14.2. The average molecular weight is 341 g/mol. The number of carbonyl (C=O) groups excluding carboxylic acids is 1. The van der Waals surface area contributed by atoms with Gasteiger partial charge in [0.05, 0.1) is 13.0 Å². The second-order valence-electron chi connectivity index (χ2n) is 6.05. The first-order valence-corrected chi connectivity index (χ1v) is 9.67. The molecule has 1 amide bonds. The standard InChI is InChI=1S/C20H23NO2S/c1-23-16-9-7-14-8-10-17(18(14)13-16)20(22)21-19-6-4-3-5-15(19)11-12-24-2/h3-7,9,13,17H,8,10-12H2,1-2H3,(H,21,22). The maximum Gasteiger partial charge on any atom is 0.231 e. The van der Waals surface area contributed by atoms with E-state index in [2.05, 4.69) is 23.7 Å². The highest BCUT2D eigenvalue weighted by molar-refractivity contribution is 7.98. The lowest BCUT2D eigenvalue weighted by Gasteiger charge is -2.15. The second-order valence-corrected chi connectivity index (χ2v) is 7.03. The molecule has 1 N–H and O–H groups in total. The van der Waals surface area contributed by atoms with Crippen LogP contribution in [-0.4, -0.2) is 25.0 Å². The third-order valence-electron chi connectivity index (χ3n) is 4.60. The third-order valence-corrected chi connectivity index (χ3v) is 5.21. The van der Waals surface area contributed by atoms with Crippen LogP contribution >= 0.6 is 11.8 Å². The smallest absolute Gasteiger partial charge is 0.231 e. The van der Waals surface area contributed by atoms with Crippen LogP contribution in [0.1, 0.15) is 29.0 Å². The predicted molar refractivity (Wildman–Crippen MR) is 101 cm³/mol. The fourth-order valence-corrected chi connectivity index (χ4v) is 3.70. The number of para-hydroxylation sites is 1. The van der Waals surface area contributed by atoms with Crippen LogP contribution in [0.25, 0.3) is 0 Å². The van der Waals surface area contributed by atoms with Gasteiger partial charge in [0.25, 0.3) is 0 Å². The molecule has 0 aliphatic heterocycles. The number of aryl methyl sites for hydroxylation is 2. The van der Waals surface area contributed by atoms with Crippen molar-refractivity contribution in [1.29, 1.82) is 0 Å². The van der Waals surface area contributed by atoms with Crippen molar-refractivity contribution < 1.29 is 9.53 Å². The summed E-state index contributed by atoms with van der Waals surface area (Å²) in [7, 11) is 1.66. The summed E-state index contributed by atoms with van der Waals surface area (Å²) in [6.45, 7) is 0. The summed E-state index contributed by atoms with van der Waals surface area (Å²) < 4.78 is 5.32. The SMILES string of the molecule is COc1ccc2c(c1)C(C(=O)Nc1ccccc1CCSC)CC2. The van der Waals surface area contributed by atoms with Gasteiger partial charge in [-0.15, -0.1) is 0 Å². The minimum Gasteiger partial charge on any atom is -0.497 e. The van der Waals surface area contributed by atoms with E-state index in [0.717, 1.165) is 42.0 Å². The number of hydrogen-bond acceptors (Lipinski definition) is 3. The van der Waals surface area contributed by atoms with Gasteiger partial charge in [0.15, 0.2) is 0 Å². The van der Waals surface area contributed by atoms with Crippen LogP contribution in [0.4, 0.5) is 5.69 Å². The van der Waals surface area contributed by atoms with Crippen LogP contribution in [0, 0.1) is 0 Å². The lowest BCUT2D eigenvalue weighted by Crippen LogP contribution is -2.20. The predicted octanol–water partition coefficient (Wildman–Crippen LogP) is 4.27. The molecule has 0 heterocycles. The summed E-state index contributed by atoms with van der Waals surface area (Å²) >= 11 is 1.82. The van der Waals surface area contributed by atoms with Crippen molar-refractivity contribution in [2.75, 3.05) is 24.4 Å². The maximum atomic E-state index is 12.8. The molecular weight excluding hydrogens is 318 g/mol. The normalized spacial score (nSPS) is 15.8. The van der Waals surface area contributed by atoms with E-state index in [1.165, 1.54) is 11.1 Å². The first-order valence-electron chi connectivity index (χ1n) is 8.27. The number of rotatable bonds is 6. The highest BCUT2D eigenvalue weighted by Gasteiger charge is 2.29. The highest BCUT2D eigenvalue weighted by atomic mass is 32.2. The molecule has 126 valence electrons. The highest BCUT2D eigenvalue weighted by Crippen LogP contribution is 2.36. The molecule has 24 heavy (non-hydrogen) atoms. The molecule has 2 aromatic rings. The van der Waals surface area contributed by atoms with E-state index in [4.69, 9.17) is 4.74 Å². The van der Waals surface area contributed by atoms with Crippen molar-refractivity contribution in [3.05, 3.63) is 59.2 Å². The van der Waals surface area contributed by atoms with Crippen molar-refractivity contribution in [2.45, 2.75) is 25.2 Å².